The number of alkyl halides is 3. The van der Waals surface area contributed by atoms with E-state index in [1.54, 1.807) is 24.3 Å². The first-order chi connectivity index (χ1) is 15.3. The quantitative estimate of drug-likeness (QED) is 0.397. The van der Waals surface area contributed by atoms with Gasteiger partial charge in [-0.05, 0) is 48.4 Å². The molecule has 0 radical (unpaired) electrons. The number of aromatic hydroxyl groups is 1. The Balaban J connectivity index is 1.92. The fourth-order valence-electron chi connectivity index (χ4n) is 3.51. The van der Waals surface area contributed by atoms with Crippen LogP contribution < -0.4 is 5.56 Å². The maximum Gasteiger partial charge on any atom is 0.416 e. The Bertz CT molecular complexity index is 1370. The second kappa shape index (κ2) is 8.34. The van der Waals surface area contributed by atoms with Crippen molar-refractivity contribution in [2.75, 3.05) is 0 Å². The molecule has 32 heavy (non-hydrogen) atoms. The highest BCUT2D eigenvalue weighted by molar-refractivity contribution is 6.02. The zero-order valence-electron chi connectivity index (χ0n) is 17.1. The van der Waals surface area contributed by atoms with Gasteiger partial charge in [-0.25, -0.2) is 4.57 Å². The number of aromatic nitrogens is 1. The predicted octanol–water partition coefficient (Wildman–Crippen LogP) is 6.03. The van der Waals surface area contributed by atoms with Crippen LogP contribution >= 0.6 is 0 Å². The van der Waals surface area contributed by atoms with E-state index in [1.165, 1.54) is 18.3 Å². The number of fused-ring (bicyclic) bond motifs is 1. The maximum atomic E-state index is 13.2. The average Bonchev–Trinajstić information content (AvgIpc) is 2.79. The van der Waals surface area contributed by atoms with E-state index in [0.29, 0.717) is 11.1 Å². The van der Waals surface area contributed by atoms with Gasteiger partial charge in [0.25, 0.3) is 5.56 Å². The zero-order chi connectivity index (χ0) is 22.9. The maximum absolute atomic E-state index is 13.2. The third kappa shape index (κ3) is 4.01. The molecule has 0 saturated carbocycles. The summed E-state index contributed by atoms with van der Waals surface area (Å²) in [5, 5.41) is 11.7. The minimum Gasteiger partial charge on any atom is -0.494 e. The summed E-state index contributed by atoms with van der Waals surface area (Å²) in [5.74, 6) is -0.484. The van der Waals surface area contributed by atoms with Crippen LogP contribution in [-0.2, 0) is 12.6 Å². The van der Waals surface area contributed by atoms with Crippen molar-refractivity contribution >= 4 is 22.7 Å². The molecule has 0 aliphatic heterocycles. The van der Waals surface area contributed by atoms with Crippen molar-refractivity contribution in [2.45, 2.75) is 19.5 Å². The second-order valence-electron chi connectivity index (χ2n) is 7.25. The van der Waals surface area contributed by atoms with E-state index in [2.05, 4.69) is 4.99 Å². The molecule has 0 spiro atoms. The van der Waals surface area contributed by atoms with Gasteiger partial charge >= 0.3 is 6.18 Å². The molecule has 0 unspecified atom stereocenters. The van der Waals surface area contributed by atoms with Gasteiger partial charge in [-0.3, -0.25) is 9.79 Å². The highest BCUT2D eigenvalue weighted by Gasteiger charge is 2.31. The van der Waals surface area contributed by atoms with E-state index < -0.39 is 23.2 Å². The lowest BCUT2D eigenvalue weighted by Crippen LogP contribution is -2.20. The molecule has 1 heterocycles. The van der Waals surface area contributed by atoms with E-state index in [1.807, 2.05) is 31.2 Å². The molecule has 0 fully saturated rings. The number of hydrogen-bond acceptors (Lipinski definition) is 3. The summed E-state index contributed by atoms with van der Waals surface area (Å²) in [6.45, 7) is 2.04. The Hall–Kier alpha value is -3.87. The third-order valence-corrected chi connectivity index (χ3v) is 5.22. The molecule has 1 aromatic heterocycles. The largest absolute Gasteiger partial charge is 0.494 e. The first-order valence-corrected chi connectivity index (χ1v) is 9.97. The monoisotopic (exact) mass is 436 g/mol. The number of pyridine rings is 1. The smallest absolute Gasteiger partial charge is 0.416 e. The molecule has 3 aromatic carbocycles. The minimum atomic E-state index is -4.58. The summed E-state index contributed by atoms with van der Waals surface area (Å²) in [4.78, 5) is 17.5. The molecule has 0 aliphatic rings. The first kappa shape index (κ1) is 21.4. The Kier molecular flexibility index (Phi) is 5.57. The lowest BCUT2D eigenvalue weighted by Gasteiger charge is -2.15. The lowest BCUT2D eigenvalue weighted by molar-refractivity contribution is -0.137. The van der Waals surface area contributed by atoms with E-state index in [0.717, 1.165) is 28.7 Å². The van der Waals surface area contributed by atoms with Gasteiger partial charge in [-0.1, -0.05) is 43.3 Å². The highest BCUT2D eigenvalue weighted by atomic mass is 19.4. The molecule has 4 aromatic rings. The average molecular weight is 436 g/mol. The number of aliphatic imine (C=N–C) groups is 1. The van der Waals surface area contributed by atoms with Crippen LogP contribution in [0.3, 0.4) is 0 Å². The van der Waals surface area contributed by atoms with Gasteiger partial charge in [-0.2, -0.15) is 13.2 Å². The van der Waals surface area contributed by atoms with Crippen molar-refractivity contribution < 1.29 is 18.3 Å². The van der Waals surface area contributed by atoms with Gasteiger partial charge < -0.3 is 5.11 Å². The van der Waals surface area contributed by atoms with Crippen molar-refractivity contribution in [2.24, 2.45) is 4.99 Å². The van der Waals surface area contributed by atoms with Crippen LogP contribution in [0.1, 0.15) is 23.6 Å². The minimum absolute atomic E-state index is 0.0879. The number of hydrogen-bond donors (Lipinski definition) is 1. The number of nitrogens with zero attached hydrogens (tertiary/aromatic N) is 2. The summed E-state index contributed by atoms with van der Waals surface area (Å²) < 4.78 is 40.5. The summed E-state index contributed by atoms with van der Waals surface area (Å²) in [5.41, 5.74) is 0.396. The molecule has 0 aliphatic carbocycles. The van der Waals surface area contributed by atoms with Crippen LogP contribution in [0.4, 0.5) is 18.9 Å². The molecule has 0 saturated heterocycles. The molecule has 1 N–H and O–H groups in total. The number of aryl methyl sites for hydroxylation is 1. The van der Waals surface area contributed by atoms with Crippen LogP contribution in [0.2, 0.25) is 0 Å². The van der Waals surface area contributed by atoms with Crippen LogP contribution in [0.25, 0.3) is 16.5 Å². The fourth-order valence-corrected chi connectivity index (χ4v) is 3.51. The van der Waals surface area contributed by atoms with E-state index in [-0.39, 0.29) is 16.6 Å². The zero-order valence-corrected chi connectivity index (χ0v) is 17.1. The van der Waals surface area contributed by atoms with Crippen LogP contribution in [0, 0.1) is 0 Å². The van der Waals surface area contributed by atoms with Crippen molar-refractivity contribution in [1.29, 1.82) is 0 Å². The Morgan fingerprint density at radius 2 is 1.66 bits per heavy atom. The number of halogens is 3. The van der Waals surface area contributed by atoms with E-state index >= 15 is 0 Å². The second-order valence-corrected chi connectivity index (χ2v) is 7.25. The molecule has 7 heteroatoms. The van der Waals surface area contributed by atoms with Gasteiger partial charge in [0.2, 0.25) is 5.88 Å². The van der Waals surface area contributed by atoms with Crippen molar-refractivity contribution in [3.63, 3.8) is 0 Å². The molecule has 0 atom stereocenters. The summed E-state index contributed by atoms with van der Waals surface area (Å²) >= 11 is 0. The molecular weight excluding hydrogens is 417 g/mol. The predicted molar refractivity (Wildman–Crippen MR) is 119 cm³/mol. The SMILES string of the molecule is CCc1ccc(N=Cc2c(O)n(-c3cccc(C(F)(F)F)c3)c(=O)c3ccccc23)cc1. The van der Waals surface area contributed by atoms with Crippen LogP contribution in [0.15, 0.2) is 82.6 Å². The van der Waals surface area contributed by atoms with Crippen LogP contribution in [-0.4, -0.2) is 15.9 Å². The Morgan fingerprint density at radius 3 is 2.31 bits per heavy atom. The first-order valence-electron chi connectivity index (χ1n) is 9.97. The molecular formula is C25H19F3N2O2. The van der Waals surface area contributed by atoms with Gasteiger partial charge in [0.05, 0.1) is 22.5 Å². The molecule has 0 amide bonds. The van der Waals surface area contributed by atoms with Crippen LogP contribution in [0.5, 0.6) is 5.88 Å². The van der Waals surface area contributed by atoms with E-state index in [9.17, 15) is 23.1 Å². The summed E-state index contributed by atoms with van der Waals surface area (Å²) in [6, 6.07) is 18.4. The molecule has 4 rings (SSSR count). The topological polar surface area (TPSA) is 54.6 Å². The van der Waals surface area contributed by atoms with Gasteiger partial charge in [0.15, 0.2) is 0 Å². The van der Waals surface area contributed by atoms with Gasteiger partial charge in [0, 0.05) is 17.0 Å². The molecule has 4 nitrogen and oxygen atoms in total. The summed E-state index contributed by atoms with van der Waals surface area (Å²) in [6.07, 6.45) is -2.28. The van der Waals surface area contributed by atoms with Crippen molar-refractivity contribution in [3.8, 4) is 11.6 Å². The molecule has 0 bridgehead atoms. The third-order valence-electron chi connectivity index (χ3n) is 5.22. The lowest BCUT2D eigenvalue weighted by atomic mass is 10.1. The molecule has 162 valence electrons. The standard InChI is InChI=1S/C25H19F3N2O2/c1-2-16-10-12-18(13-11-16)29-15-22-20-8-3-4-9-21(20)23(31)30(24(22)32)19-7-5-6-17(14-19)25(26,27)28/h3-15,32H,2H2,1H3. The highest BCUT2D eigenvalue weighted by Crippen LogP contribution is 2.32. The van der Waals surface area contributed by atoms with E-state index in [4.69, 9.17) is 0 Å². The van der Waals surface area contributed by atoms with Crippen molar-refractivity contribution in [3.05, 3.63) is 99.8 Å². The van der Waals surface area contributed by atoms with Gasteiger partial charge in [-0.15, -0.1) is 0 Å². The van der Waals surface area contributed by atoms with Crippen molar-refractivity contribution in [1.82, 2.24) is 4.57 Å². The Labute approximate surface area is 181 Å². The van der Waals surface area contributed by atoms with Gasteiger partial charge in [0.1, 0.15) is 0 Å². The normalized spacial score (nSPS) is 12.0. The fraction of sp³-hybridized carbons (Fsp3) is 0.120. The number of benzene rings is 3. The Morgan fingerprint density at radius 1 is 0.969 bits per heavy atom. The number of rotatable bonds is 4. The summed E-state index contributed by atoms with van der Waals surface area (Å²) in [7, 11) is 0.